The maximum absolute atomic E-state index is 12.1. The molecule has 0 spiro atoms. The third kappa shape index (κ3) is 3.92. The second kappa shape index (κ2) is 8.14. The number of carbonyl (C=O) groups excluding carboxylic acids is 1. The number of aromatic nitrogens is 4. The van der Waals surface area contributed by atoms with Crippen LogP contribution in [0.1, 0.15) is 13.3 Å². The van der Waals surface area contributed by atoms with E-state index in [1.807, 2.05) is 37.3 Å². The highest BCUT2D eigenvalue weighted by Gasteiger charge is 2.37. The number of alkyl halides is 1. The maximum Gasteiger partial charge on any atom is 0.198 e. The van der Waals surface area contributed by atoms with Crippen molar-refractivity contribution in [1.82, 2.24) is 25.2 Å². The summed E-state index contributed by atoms with van der Waals surface area (Å²) in [6.45, 7) is 2.29. The molecule has 1 aliphatic carbocycles. The van der Waals surface area contributed by atoms with Crippen molar-refractivity contribution in [2.24, 2.45) is 0 Å². The molecule has 9 heteroatoms. The van der Waals surface area contributed by atoms with E-state index in [4.69, 9.17) is 4.74 Å². The van der Waals surface area contributed by atoms with Crippen LogP contribution >= 0.6 is 15.9 Å². The number of fused-ring (bicyclic) bond motifs is 1. The summed E-state index contributed by atoms with van der Waals surface area (Å²) >= 11 is 3.41. The fraction of sp³-hybridized carbons (Fsp3) is 0.200. The number of ether oxygens (including phenoxy) is 1. The summed E-state index contributed by atoms with van der Waals surface area (Å²) in [5.41, 5.74) is 8.61. The van der Waals surface area contributed by atoms with Gasteiger partial charge in [0.15, 0.2) is 21.8 Å². The van der Waals surface area contributed by atoms with Gasteiger partial charge < -0.3 is 10.2 Å². The van der Waals surface area contributed by atoms with Crippen LogP contribution < -0.4 is 10.9 Å². The molecular weight excluding hydrogens is 436 g/mol. The van der Waals surface area contributed by atoms with Crippen LogP contribution in [-0.4, -0.2) is 36.6 Å². The molecule has 1 atom stereocenters. The van der Waals surface area contributed by atoms with Crippen molar-refractivity contribution in [3.05, 3.63) is 66.8 Å². The Kier molecular flexibility index (Phi) is 5.41. The highest BCUT2D eigenvalue weighted by atomic mass is 79.9. The largest absolute Gasteiger partial charge is 0.356 e. The molecule has 3 aromatic rings. The van der Waals surface area contributed by atoms with E-state index in [1.54, 1.807) is 23.2 Å². The van der Waals surface area contributed by atoms with Crippen LogP contribution in [-0.2, 0) is 9.53 Å². The van der Waals surface area contributed by atoms with Gasteiger partial charge >= 0.3 is 0 Å². The summed E-state index contributed by atoms with van der Waals surface area (Å²) in [5, 5.41) is 5.21. The number of allylic oxidation sites excluding steroid dienone is 1. The molecule has 1 unspecified atom stereocenters. The van der Waals surface area contributed by atoms with Gasteiger partial charge in [-0.15, -0.1) is 0 Å². The Hall–Kier alpha value is -3.04. The quantitative estimate of drug-likeness (QED) is 0.435. The van der Waals surface area contributed by atoms with Gasteiger partial charge in [-0.3, -0.25) is 10.2 Å². The third-order valence-electron chi connectivity index (χ3n) is 4.44. The zero-order chi connectivity index (χ0) is 20.3. The molecule has 29 heavy (non-hydrogen) atoms. The van der Waals surface area contributed by atoms with Gasteiger partial charge in [-0.2, -0.15) is 5.10 Å². The number of benzene rings is 1. The maximum atomic E-state index is 12.1. The van der Waals surface area contributed by atoms with Crippen LogP contribution in [0.25, 0.3) is 16.7 Å². The molecule has 0 fully saturated rings. The molecule has 0 amide bonds. The molecule has 2 aromatic heterocycles. The van der Waals surface area contributed by atoms with Crippen LogP contribution in [0.5, 0.6) is 0 Å². The summed E-state index contributed by atoms with van der Waals surface area (Å²) in [5.74, 6) is 0.495. The molecule has 0 aliphatic heterocycles. The van der Waals surface area contributed by atoms with Gasteiger partial charge in [0.05, 0.1) is 17.3 Å². The minimum Gasteiger partial charge on any atom is -0.356 e. The first-order chi connectivity index (χ1) is 14.1. The number of anilines is 1. The zero-order valence-corrected chi connectivity index (χ0v) is 17.3. The van der Waals surface area contributed by atoms with E-state index in [9.17, 15) is 4.79 Å². The lowest BCUT2D eigenvalue weighted by Gasteiger charge is -2.28. The topological polar surface area (TPSA) is 94.0 Å². The molecule has 0 saturated heterocycles. The molecule has 0 bridgehead atoms. The number of hydrogen-bond donors (Lipinski definition) is 2. The van der Waals surface area contributed by atoms with Gasteiger partial charge in [0, 0.05) is 19.2 Å². The molecular formula is C20H19BrN6O2. The summed E-state index contributed by atoms with van der Waals surface area (Å²) < 4.78 is 6.33. The van der Waals surface area contributed by atoms with Crippen molar-refractivity contribution in [3.63, 3.8) is 0 Å². The average Bonchev–Trinajstić information content (AvgIpc) is 3.17. The molecule has 148 valence electrons. The van der Waals surface area contributed by atoms with Crippen LogP contribution in [0.3, 0.4) is 0 Å². The van der Waals surface area contributed by atoms with Crippen molar-refractivity contribution in [2.45, 2.75) is 17.9 Å². The Labute approximate surface area is 175 Å². The minimum atomic E-state index is -1.01. The monoisotopic (exact) mass is 454 g/mol. The summed E-state index contributed by atoms with van der Waals surface area (Å²) in [4.78, 5) is 20.7. The number of rotatable bonds is 6. The number of hydrogen-bond acceptors (Lipinski definition) is 7. The van der Waals surface area contributed by atoms with Crippen LogP contribution in [0.15, 0.2) is 66.8 Å². The number of carbonyl (C=O) groups is 1. The molecule has 1 aliphatic rings. The lowest BCUT2D eigenvalue weighted by atomic mass is 9.98. The fourth-order valence-electron chi connectivity index (χ4n) is 3.06. The van der Waals surface area contributed by atoms with Crippen molar-refractivity contribution in [3.8, 4) is 5.69 Å². The third-order valence-corrected chi connectivity index (χ3v) is 5.34. The van der Waals surface area contributed by atoms with E-state index < -0.39 is 4.51 Å². The predicted molar refractivity (Wildman–Crippen MR) is 114 cm³/mol. The summed E-state index contributed by atoms with van der Waals surface area (Å²) in [7, 11) is 0. The standard InChI is InChI=1S/C20H19BrN6O2/c1-2-29-20(21)10-14(8-9-17(20)28)11-24-26-18-16-12-25-27(19(16)23-13-22-18)15-6-4-3-5-7-15/h3-9,11-13,24H,2,10H2,1H3,(H,22,23,26). The fourth-order valence-corrected chi connectivity index (χ4v) is 3.75. The van der Waals surface area contributed by atoms with Crippen LogP contribution in [0.4, 0.5) is 5.82 Å². The molecule has 2 N–H and O–H groups in total. The number of ketones is 1. The van der Waals surface area contributed by atoms with Gasteiger partial charge in [0.1, 0.15) is 6.33 Å². The highest BCUT2D eigenvalue weighted by Crippen LogP contribution is 2.33. The second-order valence-corrected chi connectivity index (χ2v) is 7.66. The first-order valence-corrected chi connectivity index (χ1v) is 9.90. The van der Waals surface area contributed by atoms with E-state index >= 15 is 0 Å². The van der Waals surface area contributed by atoms with E-state index in [0.29, 0.717) is 24.5 Å². The van der Waals surface area contributed by atoms with Crippen molar-refractivity contribution in [1.29, 1.82) is 0 Å². The lowest BCUT2D eigenvalue weighted by molar-refractivity contribution is -0.128. The minimum absolute atomic E-state index is 0.102. The van der Waals surface area contributed by atoms with Crippen molar-refractivity contribution < 1.29 is 9.53 Å². The number of para-hydroxylation sites is 1. The summed E-state index contributed by atoms with van der Waals surface area (Å²) in [6, 6.07) is 9.78. The smallest absolute Gasteiger partial charge is 0.198 e. The molecule has 0 saturated carbocycles. The highest BCUT2D eigenvalue weighted by molar-refractivity contribution is 9.10. The first kappa shape index (κ1) is 19.3. The number of nitrogens with one attached hydrogen (secondary N) is 2. The Morgan fingerprint density at radius 2 is 2.10 bits per heavy atom. The Bertz CT molecular complexity index is 1090. The van der Waals surface area contributed by atoms with E-state index in [2.05, 4.69) is 41.8 Å². The molecule has 0 radical (unpaired) electrons. The van der Waals surface area contributed by atoms with E-state index in [1.165, 1.54) is 12.4 Å². The first-order valence-electron chi connectivity index (χ1n) is 9.11. The van der Waals surface area contributed by atoms with Gasteiger partial charge in [-0.1, -0.05) is 24.3 Å². The molecule has 2 heterocycles. The molecule has 1 aromatic carbocycles. The second-order valence-electron chi connectivity index (χ2n) is 6.38. The van der Waals surface area contributed by atoms with Crippen LogP contribution in [0.2, 0.25) is 0 Å². The SMILES string of the molecule is CCOC1(Br)CC(=CNNc2ncnc3c2cnn3-c2ccccc2)C=CC1=O. The van der Waals surface area contributed by atoms with Gasteiger partial charge in [0.2, 0.25) is 0 Å². The Morgan fingerprint density at radius 3 is 2.90 bits per heavy atom. The molecule has 4 rings (SSSR count). The van der Waals surface area contributed by atoms with Gasteiger partial charge in [-0.25, -0.2) is 14.6 Å². The van der Waals surface area contributed by atoms with Crippen molar-refractivity contribution in [2.75, 3.05) is 12.0 Å². The van der Waals surface area contributed by atoms with Gasteiger partial charge in [0.25, 0.3) is 0 Å². The van der Waals surface area contributed by atoms with Gasteiger partial charge in [-0.05, 0) is 46.6 Å². The number of hydrazine groups is 1. The molecule has 8 nitrogen and oxygen atoms in total. The van der Waals surface area contributed by atoms with E-state index in [0.717, 1.165) is 16.6 Å². The Morgan fingerprint density at radius 1 is 1.28 bits per heavy atom. The lowest BCUT2D eigenvalue weighted by Crippen LogP contribution is -2.36. The number of halogens is 1. The average molecular weight is 455 g/mol. The van der Waals surface area contributed by atoms with Crippen LogP contribution in [0, 0.1) is 0 Å². The predicted octanol–water partition coefficient (Wildman–Crippen LogP) is 3.27. The Balaban J connectivity index is 1.52. The number of nitrogens with zero attached hydrogens (tertiary/aromatic N) is 4. The van der Waals surface area contributed by atoms with Crippen molar-refractivity contribution >= 4 is 38.6 Å². The normalized spacial score (nSPS) is 20.3. The summed E-state index contributed by atoms with van der Waals surface area (Å²) in [6.07, 6.45) is 8.66. The zero-order valence-electron chi connectivity index (χ0n) is 15.7. The van der Waals surface area contributed by atoms with E-state index in [-0.39, 0.29) is 5.78 Å².